The van der Waals surface area contributed by atoms with Crippen molar-refractivity contribution in [3.63, 3.8) is 0 Å². The molecule has 0 heterocycles. The van der Waals surface area contributed by atoms with Crippen molar-refractivity contribution in [2.24, 2.45) is 0 Å². The number of hydrogen-bond donors (Lipinski definition) is 3. The fourth-order valence-electron chi connectivity index (χ4n) is 4.28. The standard InChI is InChI=1S/C26H34N2O5S2/c1-3-28(17-18-33-19(2)34)16-8-11-21-10-5-7-13-24(21)35(31,32)27-23-15-14-20-9-4-6-12-22(20)25(23)26(29)30/h5,7-8,10-11,13-15,19,27,34H,3-4,6,9,12,16-18H2,1-2H3,(H,29,30)/b11-8-. The molecular formula is C26H34N2O5S2. The van der Waals surface area contributed by atoms with E-state index < -0.39 is 16.0 Å². The van der Waals surface area contributed by atoms with Gasteiger partial charge in [0.25, 0.3) is 10.0 Å². The molecule has 0 fully saturated rings. The summed E-state index contributed by atoms with van der Waals surface area (Å²) < 4.78 is 34.7. The molecule has 1 aliphatic carbocycles. The molecule has 0 saturated heterocycles. The van der Waals surface area contributed by atoms with Crippen molar-refractivity contribution in [1.29, 1.82) is 0 Å². The molecule has 1 aliphatic rings. The number of carboxylic acid groups (broad SMARTS) is 1. The van der Waals surface area contributed by atoms with Crippen LogP contribution in [0.2, 0.25) is 0 Å². The van der Waals surface area contributed by atoms with Gasteiger partial charge in [-0.1, -0.05) is 43.3 Å². The number of rotatable bonds is 12. The first-order valence-electron chi connectivity index (χ1n) is 11.9. The van der Waals surface area contributed by atoms with Crippen molar-refractivity contribution < 1.29 is 23.1 Å². The number of sulfonamides is 1. The highest BCUT2D eigenvalue weighted by Crippen LogP contribution is 2.31. The third-order valence-electron chi connectivity index (χ3n) is 6.07. The van der Waals surface area contributed by atoms with Gasteiger partial charge in [-0.05, 0) is 68.0 Å². The number of anilines is 1. The van der Waals surface area contributed by atoms with Gasteiger partial charge in [0.2, 0.25) is 0 Å². The smallest absolute Gasteiger partial charge is 0.338 e. The van der Waals surface area contributed by atoms with Gasteiger partial charge < -0.3 is 9.84 Å². The average molecular weight is 519 g/mol. The van der Waals surface area contributed by atoms with E-state index in [1.165, 1.54) is 6.07 Å². The summed E-state index contributed by atoms with van der Waals surface area (Å²) in [6.07, 6.45) is 7.05. The van der Waals surface area contributed by atoms with Crippen molar-refractivity contribution in [2.45, 2.75) is 49.9 Å². The summed E-state index contributed by atoms with van der Waals surface area (Å²) in [5, 5.41) is 9.86. The van der Waals surface area contributed by atoms with E-state index in [0.29, 0.717) is 25.1 Å². The largest absolute Gasteiger partial charge is 0.478 e. The summed E-state index contributed by atoms with van der Waals surface area (Å²) in [5.41, 5.74) is 2.28. The molecule has 0 aliphatic heterocycles. The molecule has 1 atom stereocenters. The average Bonchev–Trinajstić information content (AvgIpc) is 2.82. The van der Waals surface area contributed by atoms with Crippen LogP contribution in [0.5, 0.6) is 0 Å². The SMILES string of the molecule is CCN(C/C=C\c1ccccc1S(=O)(=O)Nc1ccc2c(c1C(=O)O)CCCC2)CCOC(C)S. The number of benzene rings is 2. The second-order valence-corrected chi connectivity index (χ2v) is 10.9. The highest BCUT2D eigenvalue weighted by Gasteiger charge is 2.25. The summed E-state index contributed by atoms with van der Waals surface area (Å²) in [5.74, 6) is -1.12. The van der Waals surface area contributed by atoms with Crippen LogP contribution in [-0.2, 0) is 27.6 Å². The van der Waals surface area contributed by atoms with E-state index in [4.69, 9.17) is 4.74 Å². The van der Waals surface area contributed by atoms with E-state index in [-0.39, 0.29) is 21.6 Å². The van der Waals surface area contributed by atoms with Crippen LogP contribution in [-0.4, -0.2) is 56.1 Å². The third-order valence-corrected chi connectivity index (χ3v) is 7.66. The molecule has 0 bridgehead atoms. The highest BCUT2D eigenvalue weighted by atomic mass is 32.2. The number of aryl methyl sites for hydroxylation is 1. The number of ether oxygens (including phenoxy) is 1. The fraction of sp³-hybridized carbons (Fsp3) is 0.423. The number of aromatic carboxylic acids is 1. The molecule has 2 aromatic carbocycles. The zero-order chi connectivity index (χ0) is 25.4. The number of thiol groups is 1. The zero-order valence-corrected chi connectivity index (χ0v) is 21.9. The quantitative estimate of drug-likeness (QED) is 0.279. The fourth-order valence-corrected chi connectivity index (χ4v) is 5.66. The molecule has 0 saturated carbocycles. The maximum Gasteiger partial charge on any atom is 0.338 e. The van der Waals surface area contributed by atoms with Gasteiger partial charge in [-0.15, -0.1) is 12.6 Å². The number of carboxylic acids is 1. The van der Waals surface area contributed by atoms with Gasteiger partial charge >= 0.3 is 5.97 Å². The van der Waals surface area contributed by atoms with Crippen molar-refractivity contribution in [1.82, 2.24) is 4.90 Å². The molecule has 7 nitrogen and oxygen atoms in total. The van der Waals surface area contributed by atoms with Crippen LogP contribution in [0.25, 0.3) is 6.08 Å². The van der Waals surface area contributed by atoms with Crippen LogP contribution >= 0.6 is 12.6 Å². The minimum atomic E-state index is -4.01. The number of hydrogen-bond acceptors (Lipinski definition) is 6. The molecular weight excluding hydrogens is 484 g/mol. The first kappa shape index (κ1) is 27.3. The number of carbonyl (C=O) groups is 1. The Morgan fingerprint density at radius 1 is 1.23 bits per heavy atom. The Balaban J connectivity index is 1.81. The lowest BCUT2D eigenvalue weighted by molar-refractivity contribution is 0.0696. The molecule has 0 radical (unpaired) electrons. The minimum Gasteiger partial charge on any atom is -0.478 e. The van der Waals surface area contributed by atoms with Gasteiger partial charge in [0.05, 0.1) is 28.2 Å². The lowest BCUT2D eigenvalue weighted by Crippen LogP contribution is -2.28. The van der Waals surface area contributed by atoms with E-state index in [9.17, 15) is 18.3 Å². The van der Waals surface area contributed by atoms with Crippen molar-refractivity contribution in [3.8, 4) is 0 Å². The Morgan fingerprint density at radius 3 is 2.69 bits per heavy atom. The van der Waals surface area contributed by atoms with E-state index in [0.717, 1.165) is 43.5 Å². The topological polar surface area (TPSA) is 95.9 Å². The molecule has 0 spiro atoms. The Morgan fingerprint density at radius 2 is 1.97 bits per heavy atom. The number of nitrogens with one attached hydrogen (secondary N) is 1. The van der Waals surface area contributed by atoms with Crippen LogP contribution in [0, 0.1) is 0 Å². The Bertz CT molecular complexity index is 1160. The molecule has 1 unspecified atom stereocenters. The molecule has 9 heteroatoms. The molecule has 0 aromatic heterocycles. The Hall–Kier alpha value is -2.33. The first-order valence-corrected chi connectivity index (χ1v) is 13.9. The van der Waals surface area contributed by atoms with Gasteiger partial charge in [0.1, 0.15) is 0 Å². The zero-order valence-electron chi connectivity index (χ0n) is 20.2. The van der Waals surface area contributed by atoms with Gasteiger partial charge in [0.15, 0.2) is 0 Å². The Labute approximate surface area is 213 Å². The van der Waals surface area contributed by atoms with Crippen molar-refractivity contribution in [3.05, 3.63) is 64.7 Å². The maximum absolute atomic E-state index is 13.4. The molecule has 35 heavy (non-hydrogen) atoms. The molecule has 3 rings (SSSR count). The summed E-state index contributed by atoms with van der Waals surface area (Å²) in [7, 11) is -4.01. The number of likely N-dealkylation sites (N-methyl/N-ethyl adjacent to an activating group) is 1. The summed E-state index contributed by atoms with van der Waals surface area (Å²) in [6.45, 7) is 6.69. The predicted octanol–water partition coefficient (Wildman–Crippen LogP) is 4.69. The summed E-state index contributed by atoms with van der Waals surface area (Å²) in [4.78, 5) is 14.3. The number of nitrogens with zero attached hydrogens (tertiary/aromatic N) is 1. The number of fused-ring (bicyclic) bond motifs is 1. The van der Waals surface area contributed by atoms with Gasteiger partial charge in [-0.3, -0.25) is 9.62 Å². The predicted molar refractivity (Wildman–Crippen MR) is 143 cm³/mol. The minimum absolute atomic E-state index is 0.0511. The summed E-state index contributed by atoms with van der Waals surface area (Å²) >= 11 is 4.21. The van der Waals surface area contributed by atoms with Gasteiger partial charge in [-0.25, -0.2) is 13.2 Å². The van der Waals surface area contributed by atoms with Crippen LogP contribution in [0.3, 0.4) is 0 Å². The van der Waals surface area contributed by atoms with E-state index in [1.807, 2.05) is 19.1 Å². The van der Waals surface area contributed by atoms with Crippen LogP contribution in [0.15, 0.2) is 47.4 Å². The maximum atomic E-state index is 13.4. The lowest BCUT2D eigenvalue weighted by atomic mass is 9.87. The third kappa shape index (κ3) is 7.33. The van der Waals surface area contributed by atoms with Crippen molar-refractivity contribution in [2.75, 3.05) is 31.0 Å². The monoisotopic (exact) mass is 518 g/mol. The van der Waals surface area contributed by atoms with Gasteiger partial charge in [0, 0.05) is 13.1 Å². The van der Waals surface area contributed by atoms with Crippen molar-refractivity contribution >= 4 is 40.4 Å². The second-order valence-electron chi connectivity index (χ2n) is 8.55. The lowest BCUT2D eigenvalue weighted by Gasteiger charge is -2.21. The molecule has 0 amide bonds. The molecule has 2 N–H and O–H groups in total. The first-order chi connectivity index (χ1) is 16.7. The second kappa shape index (κ2) is 12.6. The van der Waals surface area contributed by atoms with Gasteiger partial charge in [-0.2, -0.15) is 0 Å². The molecule has 2 aromatic rings. The van der Waals surface area contributed by atoms with Crippen LogP contribution in [0.4, 0.5) is 5.69 Å². The van der Waals surface area contributed by atoms with Crippen LogP contribution < -0.4 is 4.72 Å². The normalized spacial score (nSPS) is 14.7. The van der Waals surface area contributed by atoms with E-state index in [2.05, 4.69) is 29.2 Å². The summed E-state index contributed by atoms with van der Waals surface area (Å²) in [6, 6.07) is 10.1. The Kier molecular flexibility index (Phi) is 9.80. The van der Waals surface area contributed by atoms with E-state index in [1.54, 1.807) is 30.3 Å². The molecule has 190 valence electrons. The van der Waals surface area contributed by atoms with E-state index >= 15 is 0 Å². The highest BCUT2D eigenvalue weighted by molar-refractivity contribution is 7.92. The van der Waals surface area contributed by atoms with Crippen LogP contribution in [0.1, 0.15) is 53.7 Å².